The lowest BCUT2D eigenvalue weighted by atomic mass is 9.88. The molecular weight excluding hydrogens is 454 g/mol. The van der Waals surface area contributed by atoms with Crippen molar-refractivity contribution in [3.63, 3.8) is 0 Å². The lowest BCUT2D eigenvalue weighted by molar-refractivity contribution is 0.195. The Hall–Kier alpha value is -3.76. The minimum Gasteiger partial charge on any atom is -0.393 e. The number of benzene rings is 3. The molecule has 1 unspecified atom stereocenters. The third-order valence-electron chi connectivity index (χ3n) is 7.12. The molecule has 4 aromatic rings. The normalized spacial score (nSPS) is 13.6. The second kappa shape index (κ2) is 11.5. The Morgan fingerprint density at radius 2 is 1.54 bits per heavy atom. The second-order valence-electron chi connectivity index (χ2n) is 9.95. The van der Waals surface area contributed by atoms with Crippen LogP contribution < -0.4 is 5.32 Å². The summed E-state index contributed by atoms with van der Waals surface area (Å²) in [6.45, 7) is 4.00. The zero-order chi connectivity index (χ0) is 25.6. The summed E-state index contributed by atoms with van der Waals surface area (Å²) in [4.78, 5) is 9.43. The number of aliphatic hydroxyl groups is 1. The van der Waals surface area contributed by atoms with Crippen LogP contribution in [0.25, 0.3) is 22.5 Å². The van der Waals surface area contributed by atoms with Gasteiger partial charge in [-0.2, -0.15) is 0 Å². The molecule has 4 nitrogen and oxygen atoms in total. The molecule has 188 valence electrons. The molecule has 1 saturated carbocycles. The molecule has 0 saturated heterocycles. The molecule has 4 heteroatoms. The largest absolute Gasteiger partial charge is 0.393 e. The topological polar surface area (TPSA) is 58.0 Å². The first-order valence-electron chi connectivity index (χ1n) is 13.3. The van der Waals surface area contributed by atoms with E-state index in [2.05, 4.69) is 85.0 Å². The first kappa shape index (κ1) is 24.9. The molecule has 5 rings (SSSR count). The number of nitrogens with zero attached hydrogens (tertiary/aromatic N) is 2. The molecule has 0 aliphatic heterocycles. The van der Waals surface area contributed by atoms with E-state index in [0.717, 1.165) is 41.0 Å². The highest BCUT2D eigenvalue weighted by molar-refractivity contribution is 5.80. The highest BCUT2D eigenvalue weighted by Crippen LogP contribution is 2.33. The number of hydrogen-bond acceptors (Lipinski definition) is 4. The van der Waals surface area contributed by atoms with Crippen LogP contribution in [-0.2, 0) is 19.3 Å². The Balaban J connectivity index is 1.36. The minimum atomic E-state index is -0.317. The van der Waals surface area contributed by atoms with E-state index in [-0.39, 0.29) is 6.10 Å². The van der Waals surface area contributed by atoms with Gasteiger partial charge in [0.15, 0.2) is 0 Å². The summed E-state index contributed by atoms with van der Waals surface area (Å²) in [6.07, 6.45) is 9.35. The second-order valence-corrected chi connectivity index (χ2v) is 9.95. The summed E-state index contributed by atoms with van der Waals surface area (Å²) >= 11 is 0. The number of rotatable bonds is 9. The Morgan fingerprint density at radius 3 is 2.19 bits per heavy atom. The van der Waals surface area contributed by atoms with Crippen LogP contribution in [0, 0.1) is 0 Å². The van der Waals surface area contributed by atoms with Gasteiger partial charge in [0.25, 0.3) is 0 Å². The number of anilines is 1. The van der Waals surface area contributed by atoms with Crippen molar-refractivity contribution >= 4 is 5.69 Å². The fraction of sp³-hybridized carbons (Fsp3) is 0.273. The standard InChI is InChI=1S/C33H35N3O/c1-3-26-7-4-5-10-30(26)33-32(34-19-20-35-33)28-15-17-29(18-16-28)36-31(27-8-6-9-27)22-25-13-11-24(12-14-25)21-23(2)37/h4-5,7,10-20,23,36-37H,3,6,8-9,21-22H2,1-2H3. The van der Waals surface area contributed by atoms with Crippen LogP contribution >= 0.6 is 0 Å². The first-order chi connectivity index (χ1) is 18.1. The van der Waals surface area contributed by atoms with Gasteiger partial charge in [-0.25, -0.2) is 0 Å². The van der Waals surface area contributed by atoms with E-state index in [9.17, 15) is 5.11 Å². The van der Waals surface area contributed by atoms with Crippen molar-refractivity contribution in [2.75, 3.05) is 5.32 Å². The van der Waals surface area contributed by atoms with Crippen LogP contribution in [0.2, 0.25) is 0 Å². The fourth-order valence-corrected chi connectivity index (χ4v) is 4.94. The Bertz CT molecular complexity index is 1370. The van der Waals surface area contributed by atoms with E-state index in [1.54, 1.807) is 12.4 Å². The SMILES string of the molecule is CCc1ccccc1-c1nccnc1-c1ccc(NC(Cc2ccc(CC(C)O)cc2)=C2CCC2)cc1. The van der Waals surface area contributed by atoms with Gasteiger partial charge in [0.2, 0.25) is 0 Å². The predicted molar refractivity (Wildman–Crippen MR) is 152 cm³/mol. The molecule has 0 amide bonds. The van der Waals surface area contributed by atoms with Gasteiger partial charge in [0.05, 0.1) is 17.5 Å². The van der Waals surface area contributed by atoms with Crippen LogP contribution in [0.15, 0.2) is 96.5 Å². The van der Waals surface area contributed by atoms with Gasteiger partial charge in [-0.1, -0.05) is 73.2 Å². The van der Waals surface area contributed by atoms with Gasteiger partial charge < -0.3 is 10.4 Å². The van der Waals surface area contributed by atoms with Gasteiger partial charge in [-0.15, -0.1) is 0 Å². The first-order valence-corrected chi connectivity index (χ1v) is 13.3. The van der Waals surface area contributed by atoms with Crippen molar-refractivity contribution < 1.29 is 5.11 Å². The van der Waals surface area contributed by atoms with Gasteiger partial charge >= 0.3 is 0 Å². The molecule has 0 spiro atoms. The molecule has 1 atom stereocenters. The van der Waals surface area contributed by atoms with Crippen molar-refractivity contribution in [1.82, 2.24) is 9.97 Å². The summed E-state index contributed by atoms with van der Waals surface area (Å²) in [7, 11) is 0. The minimum absolute atomic E-state index is 0.317. The van der Waals surface area contributed by atoms with Crippen LogP contribution in [0.5, 0.6) is 0 Å². The highest BCUT2D eigenvalue weighted by Gasteiger charge is 2.16. The predicted octanol–water partition coefficient (Wildman–Crippen LogP) is 7.39. The lowest BCUT2D eigenvalue weighted by Gasteiger charge is -2.24. The number of aliphatic hydroxyl groups excluding tert-OH is 1. The van der Waals surface area contributed by atoms with Crippen LogP contribution in [0.4, 0.5) is 5.69 Å². The zero-order valence-corrected chi connectivity index (χ0v) is 21.7. The van der Waals surface area contributed by atoms with Crippen molar-refractivity contribution in [2.45, 2.75) is 58.5 Å². The maximum Gasteiger partial charge on any atom is 0.0967 e. The van der Waals surface area contributed by atoms with E-state index in [1.807, 2.05) is 6.92 Å². The van der Waals surface area contributed by atoms with Crippen molar-refractivity contribution in [3.05, 3.63) is 113 Å². The molecule has 2 N–H and O–H groups in total. The monoisotopic (exact) mass is 489 g/mol. The zero-order valence-electron chi connectivity index (χ0n) is 21.7. The number of nitrogens with one attached hydrogen (secondary N) is 1. The summed E-state index contributed by atoms with van der Waals surface area (Å²) in [6, 6.07) is 25.6. The van der Waals surface area contributed by atoms with Crippen molar-refractivity contribution in [2.24, 2.45) is 0 Å². The third kappa shape index (κ3) is 5.98. The molecule has 3 aromatic carbocycles. The number of hydrogen-bond donors (Lipinski definition) is 2. The molecule has 1 heterocycles. The quantitative estimate of drug-likeness (QED) is 0.257. The number of aryl methyl sites for hydroxylation is 1. The highest BCUT2D eigenvalue weighted by atomic mass is 16.3. The van der Waals surface area contributed by atoms with Gasteiger partial charge in [-0.3, -0.25) is 9.97 Å². The van der Waals surface area contributed by atoms with E-state index in [4.69, 9.17) is 9.97 Å². The summed E-state index contributed by atoms with van der Waals surface area (Å²) < 4.78 is 0. The molecule has 0 bridgehead atoms. The Morgan fingerprint density at radius 1 is 0.865 bits per heavy atom. The summed E-state index contributed by atoms with van der Waals surface area (Å²) in [5.41, 5.74) is 11.7. The Labute approximate surface area is 220 Å². The Kier molecular flexibility index (Phi) is 7.76. The number of allylic oxidation sites excluding steroid dienone is 2. The van der Waals surface area contributed by atoms with E-state index < -0.39 is 0 Å². The van der Waals surface area contributed by atoms with Crippen LogP contribution in [0.1, 0.15) is 49.8 Å². The smallest absolute Gasteiger partial charge is 0.0967 e. The summed E-state index contributed by atoms with van der Waals surface area (Å²) in [5.74, 6) is 0. The average molecular weight is 490 g/mol. The molecule has 1 fully saturated rings. The van der Waals surface area contributed by atoms with E-state index in [0.29, 0.717) is 6.42 Å². The molecule has 1 aliphatic rings. The van der Waals surface area contributed by atoms with Crippen LogP contribution in [0.3, 0.4) is 0 Å². The molecule has 1 aromatic heterocycles. The molecule has 1 aliphatic carbocycles. The maximum absolute atomic E-state index is 9.66. The molecule has 37 heavy (non-hydrogen) atoms. The van der Waals surface area contributed by atoms with Crippen LogP contribution in [-0.4, -0.2) is 21.2 Å². The van der Waals surface area contributed by atoms with E-state index in [1.165, 1.54) is 47.2 Å². The molecule has 0 radical (unpaired) electrons. The number of aromatic nitrogens is 2. The summed E-state index contributed by atoms with van der Waals surface area (Å²) in [5, 5.41) is 13.4. The van der Waals surface area contributed by atoms with Gasteiger partial charge in [0.1, 0.15) is 0 Å². The third-order valence-corrected chi connectivity index (χ3v) is 7.12. The van der Waals surface area contributed by atoms with Crippen molar-refractivity contribution in [3.8, 4) is 22.5 Å². The molecular formula is C33H35N3O. The maximum atomic E-state index is 9.66. The van der Waals surface area contributed by atoms with Gasteiger partial charge in [0, 0.05) is 41.3 Å². The van der Waals surface area contributed by atoms with E-state index >= 15 is 0 Å². The average Bonchev–Trinajstić information content (AvgIpc) is 2.89. The lowest BCUT2D eigenvalue weighted by Crippen LogP contribution is -2.12. The van der Waals surface area contributed by atoms with Crippen molar-refractivity contribution in [1.29, 1.82) is 0 Å². The van der Waals surface area contributed by atoms with Gasteiger partial charge in [-0.05, 0) is 67.9 Å². The fourth-order valence-electron chi connectivity index (χ4n) is 4.94.